The Labute approximate surface area is 101 Å². The lowest BCUT2D eigenvalue weighted by molar-refractivity contribution is 0.357. The molecule has 0 aromatic carbocycles. The number of nitrogens with zero attached hydrogens (tertiary/aromatic N) is 3. The van der Waals surface area contributed by atoms with Gasteiger partial charge in [0.1, 0.15) is 5.82 Å². The molecule has 7 heteroatoms. The van der Waals surface area contributed by atoms with Crippen LogP contribution < -0.4 is 5.32 Å². The van der Waals surface area contributed by atoms with Gasteiger partial charge in [-0.05, 0) is 6.42 Å². The molecule has 6 nitrogen and oxygen atoms in total. The van der Waals surface area contributed by atoms with E-state index in [0.717, 1.165) is 38.3 Å². The highest BCUT2D eigenvalue weighted by Crippen LogP contribution is 2.22. The summed E-state index contributed by atoms with van der Waals surface area (Å²) in [6.07, 6.45) is 3.39. The molecule has 0 radical (unpaired) electrons. The normalized spacial score (nSPS) is 21.6. The Bertz CT molecular complexity index is 516. The number of nitrogens with one attached hydrogen (secondary N) is 1. The molecule has 94 valence electrons. The minimum atomic E-state index is -3.35. The van der Waals surface area contributed by atoms with E-state index in [9.17, 15) is 8.42 Å². The fourth-order valence-corrected chi connectivity index (χ4v) is 4.04. The number of imidazole rings is 1. The molecule has 0 unspecified atom stereocenters. The van der Waals surface area contributed by atoms with Gasteiger partial charge in [-0.3, -0.25) is 0 Å². The summed E-state index contributed by atoms with van der Waals surface area (Å²) in [5, 5.41) is 3.52. The van der Waals surface area contributed by atoms with Gasteiger partial charge in [-0.25, -0.2) is 13.4 Å². The Morgan fingerprint density at radius 2 is 2.00 bits per heavy atom. The molecule has 0 spiro atoms. The molecular weight excluding hydrogens is 240 g/mol. The van der Waals surface area contributed by atoms with Gasteiger partial charge in [0, 0.05) is 39.1 Å². The zero-order chi connectivity index (χ0) is 11.9. The first-order valence-electron chi connectivity index (χ1n) is 5.95. The zero-order valence-corrected chi connectivity index (χ0v) is 10.4. The monoisotopic (exact) mass is 256 g/mol. The van der Waals surface area contributed by atoms with E-state index in [0.29, 0.717) is 18.1 Å². The van der Waals surface area contributed by atoms with Crippen molar-refractivity contribution in [2.75, 3.05) is 26.2 Å². The number of piperazine rings is 1. The van der Waals surface area contributed by atoms with Gasteiger partial charge in [0.25, 0.3) is 10.0 Å². The molecule has 2 aliphatic rings. The lowest BCUT2D eigenvalue weighted by Crippen LogP contribution is -2.46. The summed E-state index contributed by atoms with van der Waals surface area (Å²) < 4.78 is 28.3. The highest BCUT2D eigenvalue weighted by Gasteiger charge is 2.31. The van der Waals surface area contributed by atoms with Crippen LogP contribution in [0.15, 0.2) is 11.2 Å². The van der Waals surface area contributed by atoms with Crippen LogP contribution in [-0.4, -0.2) is 48.5 Å². The standard InChI is InChI=1S/C10H16N4O2S/c15-17(16,13-6-3-11-4-7-13)10-8-12-9-2-1-5-14(9)10/h8,11H,1-7H2. The number of aryl methyl sites for hydroxylation is 1. The van der Waals surface area contributed by atoms with Gasteiger partial charge in [-0.1, -0.05) is 0 Å². The van der Waals surface area contributed by atoms with E-state index >= 15 is 0 Å². The SMILES string of the molecule is O=S(=O)(c1cnc2n1CCC2)N1CCNCC1. The first-order chi connectivity index (χ1) is 8.19. The maximum absolute atomic E-state index is 12.4. The average Bonchev–Trinajstić information content (AvgIpc) is 2.91. The lowest BCUT2D eigenvalue weighted by atomic mass is 10.4. The summed E-state index contributed by atoms with van der Waals surface area (Å²) >= 11 is 0. The van der Waals surface area contributed by atoms with Crippen LogP contribution in [0, 0.1) is 0 Å². The van der Waals surface area contributed by atoms with Crippen LogP contribution >= 0.6 is 0 Å². The molecule has 0 bridgehead atoms. The maximum Gasteiger partial charge on any atom is 0.260 e. The molecule has 1 aromatic heterocycles. The molecule has 1 saturated heterocycles. The van der Waals surface area contributed by atoms with E-state index in [2.05, 4.69) is 10.3 Å². The third kappa shape index (κ3) is 1.78. The van der Waals surface area contributed by atoms with Crippen LogP contribution in [-0.2, 0) is 23.0 Å². The molecule has 0 saturated carbocycles. The van der Waals surface area contributed by atoms with Crippen LogP contribution in [0.3, 0.4) is 0 Å². The third-order valence-corrected chi connectivity index (χ3v) is 5.26. The van der Waals surface area contributed by atoms with Crippen LogP contribution in [0.5, 0.6) is 0 Å². The fraction of sp³-hybridized carbons (Fsp3) is 0.700. The summed E-state index contributed by atoms with van der Waals surface area (Å²) in [7, 11) is -3.35. The van der Waals surface area contributed by atoms with E-state index < -0.39 is 10.0 Å². The Morgan fingerprint density at radius 1 is 1.24 bits per heavy atom. The number of hydrogen-bond donors (Lipinski definition) is 1. The van der Waals surface area contributed by atoms with Crippen molar-refractivity contribution >= 4 is 10.0 Å². The van der Waals surface area contributed by atoms with Gasteiger partial charge in [0.15, 0.2) is 5.03 Å². The predicted molar refractivity (Wildman–Crippen MR) is 62.2 cm³/mol. The summed E-state index contributed by atoms with van der Waals surface area (Å²) in [4.78, 5) is 4.20. The van der Waals surface area contributed by atoms with Crippen molar-refractivity contribution in [2.24, 2.45) is 0 Å². The molecule has 1 N–H and O–H groups in total. The summed E-state index contributed by atoms with van der Waals surface area (Å²) in [6.45, 7) is 3.31. The van der Waals surface area contributed by atoms with E-state index in [1.165, 1.54) is 6.20 Å². The summed E-state index contributed by atoms with van der Waals surface area (Å²) in [6, 6.07) is 0. The van der Waals surface area contributed by atoms with E-state index in [4.69, 9.17) is 0 Å². The zero-order valence-electron chi connectivity index (χ0n) is 9.59. The van der Waals surface area contributed by atoms with Crippen molar-refractivity contribution < 1.29 is 8.42 Å². The summed E-state index contributed by atoms with van der Waals surface area (Å²) in [5.74, 6) is 0.902. The smallest absolute Gasteiger partial charge is 0.260 e. The van der Waals surface area contributed by atoms with Gasteiger partial charge in [-0.15, -0.1) is 0 Å². The first-order valence-corrected chi connectivity index (χ1v) is 7.39. The number of rotatable bonds is 2. The van der Waals surface area contributed by atoms with Gasteiger partial charge < -0.3 is 9.88 Å². The van der Waals surface area contributed by atoms with Crippen molar-refractivity contribution in [1.29, 1.82) is 0 Å². The number of hydrogen-bond acceptors (Lipinski definition) is 4. The Morgan fingerprint density at radius 3 is 2.76 bits per heavy atom. The van der Waals surface area contributed by atoms with Crippen LogP contribution in [0.25, 0.3) is 0 Å². The van der Waals surface area contributed by atoms with Crippen molar-refractivity contribution in [1.82, 2.24) is 19.2 Å². The van der Waals surface area contributed by atoms with Crippen LogP contribution in [0.2, 0.25) is 0 Å². The number of fused-ring (bicyclic) bond motifs is 1. The minimum Gasteiger partial charge on any atom is -0.318 e. The number of aromatic nitrogens is 2. The second-order valence-electron chi connectivity index (χ2n) is 4.42. The first kappa shape index (κ1) is 11.2. The van der Waals surface area contributed by atoms with Gasteiger partial charge in [-0.2, -0.15) is 4.31 Å². The van der Waals surface area contributed by atoms with Crippen LogP contribution in [0.1, 0.15) is 12.2 Å². The van der Waals surface area contributed by atoms with E-state index in [1.54, 1.807) is 4.31 Å². The quantitative estimate of drug-likeness (QED) is 0.769. The number of sulfonamides is 1. The maximum atomic E-state index is 12.4. The minimum absolute atomic E-state index is 0.368. The molecule has 3 rings (SSSR count). The van der Waals surface area contributed by atoms with Crippen LogP contribution in [0.4, 0.5) is 0 Å². The van der Waals surface area contributed by atoms with E-state index in [1.807, 2.05) is 4.57 Å². The topological polar surface area (TPSA) is 67.2 Å². The molecule has 1 fully saturated rings. The molecule has 3 heterocycles. The Balaban J connectivity index is 1.96. The molecular formula is C10H16N4O2S. The Kier molecular flexibility index (Phi) is 2.68. The largest absolute Gasteiger partial charge is 0.318 e. The highest BCUT2D eigenvalue weighted by molar-refractivity contribution is 7.89. The highest BCUT2D eigenvalue weighted by atomic mass is 32.2. The van der Waals surface area contributed by atoms with Gasteiger partial charge in [0.05, 0.1) is 6.20 Å². The summed E-state index contributed by atoms with van der Waals surface area (Å²) in [5.41, 5.74) is 0. The molecule has 17 heavy (non-hydrogen) atoms. The Hall–Kier alpha value is -0.920. The lowest BCUT2D eigenvalue weighted by Gasteiger charge is -2.26. The van der Waals surface area contributed by atoms with E-state index in [-0.39, 0.29) is 0 Å². The molecule has 0 aliphatic carbocycles. The van der Waals surface area contributed by atoms with Gasteiger partial charge in [0.2, 0.25) is 0 Å². The van der Waals surface area contributed by atoms with Crippen molar-refractivity contribution in [3.63, 3.8) is 0 Å². The fourth-order valence-electron chi connectivity index (χ4n) is 2.45. The second-order valence-corrected chi connectivity index (χ2v) is 6.31. The molecule has 2 aliphatic heterocycles. The molecule has 0 amide bonds. The molecule has 0 atom stereocenters. The third-order valence-electron chi connectivity index (χ3n) is 3.36. The molecule has 1 aromatic rings. The second kappa shape index (κ2) is 4.08. The van der Waals surface area contributed by atoms with Crippen molar-refractivity contribution in [2.45, 2.75) is 24.4 Å². The average molecular weight is 256 g/mol. The van der Waals surface area contributed by atoms with Crippen molar-refractivity contribution in [3.05, 3.63) is 12.0 Å². The van der Waals surface area contributed by atoms with Gasteiger partial charge >= 0.3 is 0 Å². The van der Waals surface area contributed by atoms with Crippen molar-refractivity contribution in [3.8, 4) is 0 Å². The predicted octanol–water partition coefficient (Wildman–Crippen LogP) is -0.577.